The van der Waals surface area contributed by atoms with Crippen LogP contribution in [-0.4, -0.2) is 14.5 Å². The second-order valence-electron chi connectivity index (χ2n) is 2.23. The van der Waals surface area contributed by atoms with E-state index in [2.05, 4.69) is 45.2 Å². The lowest BCUT2D eigenvalue weighted by atomic mass is 10.0. The van der Waals surface area contributed by atoms with Gasteiger partial charge in [0.1, 0.15) is 0 Å². The van der Waals surface area contributed by atoms with E-state index in [1.165, 1.54) is 0 Å². The maximum Gasteiger partial charge on any atom is 0.0937 e. The third kappa shape index (κ3) is 3.98. The van der Waals surface area contributed by atoms with Gasteiger partial charge >= 0.3 is 0 Å². The minimum absolute atomic E-state index is 0.308. The quantitative estimate of drug-likeness (QED) is 0.550. The van der Waals surface area contributed by atoms with Crippen LogP contribution in [0.3, 0.4) is 0 Å². The predicted molar refractivity (Wildman–Crippen MR) is 56.0 cm³/mol. The van der Waals surface area contributed by atoms with Crippen molar-refractivity contribution in [2.24, 2.45) is 5.92 Å². The third-order valence-corrected chi connectivity index (χ3v) is 5.67. The summed E-state index contributed by atoms with van der Waals surface area (Å²) >= 11 is 4.65. The summed E-state index contributed by atoms with van der Waals surface area (Å²) < 4.78 is 1.61. The van der Waals surface area contributed by atoms with Crippen LogP contribution in [-0.2, 0) is 5.11 Å². The summed E-state index contributed by atoms with van der Waals surface area (Å²) in [5.74, 6) is 0.308. The first-order chi connectivity index (χ1) is 4.09. The van der Waals surface area contributed by atoms with E-state index in [0.29, 0.717) is 9.84 Å². The highest BCUT2D eigenvalue weighted by Crippen LogP contribution is 2.19. The van der Waals surface area contributed by atoms with Gasteiger partial charge < -0.3 is 0 Å². The Hall–Kier alpha value is 1.42. The Balaban J connectivity index is 3.58. The van der Waals surface area contributed by atoms with Gasteiger partial charge in [-0.1, -0.05) is 52.1 Å². The lowest BCUT2D eigenvalue weighted by Crippen LogP contribution is -2.22. The van der Waals surface area contributed by atoms with Crippen LogP contribution in [0.15, 0.2) is 0 Å². The van der Waals surface area contributed by atoms with Gasteiger partial charge in [0.15, 0.2) is 0 Å². The van der Waals surface area contributed by atoms with Crippen LogP contribution in [0, 0.1) is 5.92 Å². The second-order valence-corrected chi connectivity index (χ2v) is 4.72. The molecule has 0 aromatic rings. The molecule has 0 fully saturated rings. The van der Waals surface area contributed by atoms with Crippen molar-refractivity contribution in [1.82, 2.24) is 0 Å². The number of halogens is 2. The molecule has 3 atom stereocenters. The lowest BCUT2D eigenvalue weighted by molar-refractivity contribution is 0.0618. The third-order valence-electron chi connectivity index (χ3n) is 1.46. The zero-order valence-corrected chi connectivity index (χ0v) is 9.92. The highest BCUT2D eigenvalue weighted by Gasteiger charge is 2.17. The fraction of sp³-hybridized carbons (Fsp3) is 1.00. The number of rotatable bonds is 3. The molecule has 0 N–H and O–H groups in total. The van der Waals surface area contributed by atoms with E-state index < -0.39 is 6.10 Å². The van der Waals surface area contributed by atoms with Crippen molar-refractivity contribution in [3.63, 3.8) is 0 Å². The van der Waals surface area contributed by atoms with E-state index in [-0.39, 0.29) is 0 Å². The van der Waals surface area contributed by atoms with Crippen LogP contribution >= 0.6 is 45.2 Å². The Labute approximate surface area is 83.9 Å². The van der Waals surface area contributed by atoms with Gasteiger partial charge in [-0.15, -0.1) is 0 Å². The molecule has 55 valence electrons. The summed E-state index contributed by atoms with van der Waals surface area (Å²) in [6.07, 6.45) is -0.415. The Kier molecular flexibility index (Phi) is 5.93. The first-order valence-electron chi connectivity index (χ1n) is 2.95. The average molecular weight is 353 g/mol. The normalized spacial score (nSPS) is 21.0. The van der Waals surface area contributed by atoms with E-state index in [1.807, 2.05) is 6.92 Å². The van der Waals surface area contributed by atoms with Crippen LogP contribution in [0.1, 0.15) is 13.8 Å². The molecule has 1 radical (unpaired) electrons. The zero-order valence-electron chi connectivity index (χ0n) is 5.60. The molecular weight excluding hydrogens is 342 g/mol. The van der Waals surface area contributed by atoms with Gasteiger partial charge in [0.25, 0.3) is 0 Å². The van der Waals surface area contributed by atoms with Crippen molar-refractivity contribution in [2.45, 2.75) is 23.9 Å². The molecule has 0 aliphatic heterocycles. The molecule has 9 heavy (non-hydrogen) atoms. The molecule has 0 aromatic heterocycles. The van der Waals surface area contributed by atoms with Crippen LogP contribution in [0.5, 0.6) is 0 Å². The van der Waals surface area contributed by atoms with E-state index in [4.69, 9.17) is 0 Å². The molecule has 3 heteroatoms. The molecule has 0 aliphatic carbocycles. The molecule has 0 spiro atoms. The SMILES string of the molecule is CC([O])C(C)C(I)CI. The van der Waals surface area contributed by atoms with Crippen molar-refractivity contribution in [2.75, 3.05) is 4.43 Å². The van der Waals surface area contributed by atoms with Gasteiger partial charge in [0.05, 0.1) is 6.10 Å². The van der Waals surface area contributed by atoms with Crippen molar-refractivity contribution in [1.29, 1.82) is 0 Å². The van der Waals surface area contributed by atoms with Gasteiger partial charge in [-0.3, -0.25) is 0 Å². The Morgan fingerprint density at radius 3 is 2.00 bits per heavy atom. The van der Waals surface area contributed by atoms with Crippen LogP contribution in [0.4, 0.5) is 0 Å². The van der Waals surface area contributed by atoms with Crippen molar-refractivity contribution in [3.8, 4) is 0 Å². The minimum atomic E-state index is -0.415. The number of hydrogen-bond donors (Lipinski definition) is 0. The smallest absolute Gasteiger partial charge is 0.0937 e. The predicted octanol–water partition coefficient (Wildman–Crippen LogP) is 2.68. The Bertz CT molecular complexity index is 75.5. The summed E-state index contributed by atoms with van der Waals surface area (Å²) in [6, 6.07) is 0. The second kappa shape index (κ2) is 5.12. The Morgan fingerprint density at radius 1 is 1.44 bits per heavy atom. The monoisotopic (exact) mass is 353 g/mol. The summed E-state index contributed by atoms with van der Waals surface area (Å²) in [4.78, 5) is 0. The first kappa shape index (κ1) is 10.4. The summed E-state index contributed by atoms with van der Waals surface area (Å²) in [6.45, 7) is 3.76. The molecule has 0 aliphatic rings. The molecule has 0 aromatic carbocycles. The Morgan fingerprint density at radius 2 is 1.89 bits per heavy atom. The van der Waals surface area contributed by atoms with E-state index in [1.54, 1.807) is 6.92 Å². The van der Waals surface area contributed by atoms with E-state index >= 15 is 0 Å². The van der Waals surface area contributed by atoms with E-state index in [9.17, 15) is 5.11 Å². The average Bonchev–Trinajstić information content (AvgIpc) is 1.84. The molecule has 0 saturated heterocycles. The maximum atomic E-state index is 10.8. The maximum absolute atomic E-state index is 10.8. The molecule has 3 unspecified atom stereocenters. The van der Waals surface area contributed by atoms with Gasteiger partial charge in [-0.25, -0.2) is 5.11 Å². The number of alkyl halides is 2. The largest absolute Gasteiger partial charge is 0.233 e. The molecule has 0 amide bonds. The molecule has 0 heterocycles. The molecule has 0 bridgehead atoms. The summed E-state index contributed by atoms with van der Waals surface area (Å²) in [5.41, 5.74) is 0. The van der Waals surface area contributed by atoms with Crippen LogP contribution < -0.4 is 0 Å². The molecule has 0 rings (SSSR count). The summed E-state index contributed by atoms with van der Waals surface area (Å²) in [7, 11) is 0. The molecule has 1 nitrogen and oxygen atoms in total. The van der Waals surface area contributed by atoms with E-state index in [0.717, 1.165) is 4.43 Å². The van der Waals surface area contributed by atoms with Crippen molar-refractivity contribution in [3.05, 3.63) is 0 Å². The van der Waals surface area contributed by atoms with Crippen molar-refractivity contribution >= 4 is 45.2 Å². The minimum Gasteiger partial charge on any atom is -0.233 e. The zero-order chi connectivity index (χ0) is 7.44. The summed E-state index contributed by atoms with van der Waals surface area (Å²) in [5, 5.41) is 10.8. The number of hydrogen-bond acceptors (Lipinski definition) is 0. The molecular formula is C6H11I2O. The fourth-order valence-corrected chi connectivity index (χ4v) is 1.82. The van der Waals surface area contributed by atoms with Crippen LogP contribution in [0.2, 0.25) is 0 Å². The highest BCUT2D eigenvalue weighted by atomic mass is 127. The highest BCUT2D eigenvalue weighted by molar-refractivity contribution is 14.1. The van der Waals surface area contributed by atoms with Crippen molar-refractivity contribution < 1.29 is 5.11 Å². The fourth-order valence-electron chi connectivity index (χ4n) is 0.435. The van der Waals surface area contributed by atoms with Gasteiger partial charge in [-0.2, -0.15) is 0 Å². The van der Waals surface area contributed by atoms with Gasteiger partial charge in [0, 0.05) is 8.35 Å². The topological polar surface area (TPSA) is 19.9 Å². The van der Waals surface area contributed by atoms with Gasteiger partial charge in [0.2, 0.25) is 0 Å². The van der Waals surface area contributed by atoms with Gasteiger partial charge in [-0.05, 0) is 12.8 Å². The molecule has 0 saturated carbocycles. The first-order valence-corrected chi connectivity index (χ1v) is 5.72. The lowest BCUT2D eigenvalue weighted by Gasteiger charge is -2.16. The van der Waals surface area contributed by atoms with Crippen LogP contribution in [0.25, 0.3) is 0 Å². The standard InChI is InChI=1S/C6H11I2O/c1-4(5(2)9)6(8)3-7/h4-6H,3H2,1-2H3.